The largest absolute Gasteiger partial charge is 0.291 e. The Bertz CT molecular complexity index is 969. The first kappa shape index (κ1) is 13.9. The zero-order valence-corrected chi connectivity index (χ0v) is 13.5. The summed E-state index contributed by atoms with van der Waals surface area (Å²) in [5, 5.41) is 0.757. The Morgan fingerprint density at radius 3 is 2.62 bits per heavy atom. The van der Waals surface area contributed by atoms with Gasteiger partial charge in [-0.3, -0.25) is 14.3 Å². The van der Waals surface area contributed by atoms with Gasteiger partial charge >= 0.3 is 0 Å². The molecule has 0 radical (unpaired) electrons. The predicted molar refractivity (Wildman–Crippen MR) is 93.3 cm³/mol. The quantitative estimate of drug-likeness (QED) is 0.739. The molecule has 1 aromatic carbocycles. The van der Waals surface area contributed by atoms with Gasteiger partial charge in [-0.25, -0.2) is 4.98 Å². The molecular formula is C20H19N3O. The highest BCUT2D eigenvalue weighted by molar-refractivity contribution is 5.78. The normalized spacial score (nSPS) is 17.3. The van der Waals surface area contributed by atoms with Crippen LogP contribution >= 0.6 is 0 Å². The average molecular weight is 317 g/mol. The van der Waals surface area contributed by atoms with Crippen molar-refractivity contribution < 1.29 is 0 Å². The molecule has 24 heavy (non-hydrogen) atoms. The third kappa shape index (κ3) is 2.42. The summed E-state index contributed by atoms with van der Waals surface area (Å²) in [6.07, 6.45) is 8.32. The van der Waals surface area contributed by atoms with Crippen LogP contribution in [0.5, 0.6) is 0 Å². The second-order valence-electron chi connectivity index (χ2n) is 7.05. The maximum absolute atomic E-state index is 13.2. The van der Waals surface area contributed by atoms with Gasteiger partial charge in [-0.1, -0.05) is 12.1 Å². The Labute approximate surface area is 140 Å². The molecule has 4 heteroatoms. The fourth-order valence-corrected chi connectivity index (χ4v) is 3.41. The van der Waals surface area contributed by atoms with Gasteiger partial charge in [-0.2, -0.15) is 0 Å². The average Bonchev–Trinajstić information content (AvgIpc) is 3.49. The summed E-state index contributed by atoms with van der Waals surface area (Å²) in [4.78, 5) is 22.2. The van der Waals surface area contributed by atoms with E-state index in [1.54, 1.807) is 6.20 Å². The lowest BCUT2D eigenvalue weighted by Crippen LogP contribution is -2.26. The SMILES string of the molecule is O=c1c2cc(C3CC3)ccc2nc(C2CC2)n1Cc1cccnc1. The number of aromatic nitrogens is 3. The van der Waals surface area contributed by atoms with Crippen molar-refractivity contribution in [3.63, 3.8) is 0 Å². The minimum atomic E-state index is 0.0910. The Morgan fingerprint density at radius 1 is 1.08 bits per heavy atom. The van der Waals surface area contributed by atoms with Crippen molar-refractivity contribution in [2.45, 2.75) is 44.1 Å². The molecule has 2 aliphatic carbocycles. The van der Waals surface area contributed by atoms with E-state index in [4.69, 9.17) is 4.98 Å². The third-order valence-corrected chi connectivity index (χ3v) is 5.06. The minimum Gasteiger partial charge on any atom is -0.291 e. The first-order valence-corrected chi connectivity index (χ1v) is 8.73. The van der Waals surface area contributed by atoms with E-state index in [2.05, 4.69) is 17.1 Å². The highest BCUT2D eigenvalue weighted by Crippen LogP contribution is 2.41. The summed E-state index contributed by atoms with van der Waals surface area (Å²) in [7, 11) is 0. The number of hydrogen-bond donors (Lipinski definition) is 0. The lowest BCUT2D eigenvalue weighted by molar-refractivity contribution is 0.679. The number of fused-ring (bicyclic) bond motifs is 1. The van der Waals surface area contributed by atoms with E-state index in [0.29, 0.717) is 18.4 Å². The number of pyridine rings is 1. The van der Waals surface area contributed by atoms with Crippen LogP contribution < -0.4 is 5.56 Å². The summed E-state index contributed by atoms with van der Waals surface area (Å²) in [5.41, 5.74) is 3.26. The fourth-order valence-electron chi connectivity index (χ4n) is 3.41. The predicted octanol–water partition coefficient (Wildman–Crippen LogP) is 3.59. The van der Waals surface area contributed by atoms with Crippen LogP contribution in [0.2, 0.25) is 0 Å². The fraction of sp³-hybridized carbons (Fsp3) is 0.350. The molecule has 3 aromatic rings. The molecule has 0 aliphatic heterocycles. The summed E-state index contributed by atoms with van der Waals surface area (Å²) < 4.78 is 1.87. The van der Waals surface area contributed by atoms with Gasteiger partial charge in [0, 0.05) is 18.3 Å². The molecular weight excluding hydrogens is 298 g/mol. The number of nitrogens with zero attached hydrogens (tertiary/aromatic N) is 3. The monoisotopic (exact) mass is 317 g/mol. The van der Waals surface area contributed by atoms with Crippen LogP contribution in [0.3, 0.4) is 0 Å². The van der Waals surface area contributed by atoms with Gasteiger partial charge in [-0.05, 0) is 60.9 Å². The van der Waals surface area contributed by atoms with Crippen molar-refractivity contribution in [1.82, 2.24) is 14.5 Å². The van der Waals surface area contributed by atoms with Crippen LogP contribution in [0.15, 0.2) is 47.5 Å². The molecule has 120 valence electrons. The number of hydrogen-bond acceptors (Lipinski definition) is 3. The van der Waals surface area contributed by atoms with Gasteiger partial charge < -0.3 is 0 Å². The van der Waals surface area contributed by atoms with Crippen LogP contribution in [0.1, 0.15) is 54.5 Å². The summed E-state index contributed by atoms with van der Waals surface area (Å²) >= 11 is 0. The molecule has 2 saturated carbocycles. The van der Waals surface area contributed by atoms with Crippen LogP contribution in [0, 0.1) is 0 Å². The van der Waals surface area contributed by atoms with Gasteiger partial charge in [0.2, 0.25) is 0 Å². The van der Waals surface area contributed by atoms with Crippen LogP contribution in [0.25, 0.3) is 10.9 Å². The van der Waals surface area contributed by atoms with E-state index in [0.717, 1.165) is 35.1 Å². The molecule has 4 nitrogen and oxygen atoms in total. The maximum atomic E-state index is 13.2. The van der Waals surface area contributed by atoms with E-state index in [-0.39, 0.29) is 5.56 Å². The van der Waals surface area contributed by atoms with Crippen molar-refractivity contribution in [1.29, 1.82) is 0 Å². The molecule has 2 aromatic heterocycles. The zero-order valence-electron chi connectivity index (χ0n) is 13.5. The Morgan fingerprint density at radius 2 is 1.92 bits per heavy atom. The summed E-state index contributed by atoms with van der Waals surface area (Å²) in [6.45, 7) is 0.551. The maximum Gasteiger partial charge on any atom is 0.261 e. The minimum absolute atomic E-state index is 0.0910. The second kappa shape index (κ2) is 5.26. The van der Waals surface area contributed by atoms with Gasteiger partial charge in [0.15, 0.2) is 0 Å². The molecule has 2 fully saturated rings. The molecule has 5 rings (SSSR count). The van der Waals surface area contributed by atoms with Crippen molar-refractivity contribution in [2.24, 2.45) is 0 Å². The van der Waals surface area contributed by atoms with Crippen LogP contribution in [0.4, 0.5) is 0 Å². The molecule has 0 saturated heterocycles. The van der Waals surface area contributed by atoms with E-state index in [1.165, 1.54) is 18.4 Å². The van der Waals surface area contributed by atoms with Crippen LogP contribution in [-0.2, 0) is 6.54 Å². The van der Waals surface area contributed by atoms with Crippen LogP contribution in [-0.4, -0.2) is 14.5 Å². The third-order valence-electron chi connectivity index (χ3n) is 5.06. The van der Waals surface area contributed by atoms with Crippen molar-refractivity contribution in [3.05, 3.63) is 70.0 Å². The molecule has 0 unspecified atom stereocenters. The standard InChI is InChI=1S/C20H19N3O/c24-20-17-10-16(14-3-4-14)7-8-18(17)22-19(15-5-6-15)23(20)12-13-2-1-9-21-11-13/h1-2,7-11,14-15H,3-6,12H2. The number of rotatable bonds is 4. The van der Waals surface area contributed by atoms with Gasteiger partial charge in [-0.15, -0.1) is 0 Å². The molecule has 0 spiro atoms. The van der Waals surface area contributed by atoms with E-state index < -0.39 is 0 Å². The van der Waals surface area contributed by atoms with E-state index >= 15 is 0 Å². The Kier molecular flexibility index (Phi) is 3.05. The molecule has 0 amide bonds. The van der Waals surface area contributed by atoms with Crippen molar-refractivity contribution in [3.8, 4) is 0 Å². The lowest BCUT2D eigenvalue weighted by Gasteiger charge is -2.13. The Hall–Kier alpha value is -2.49. The highest BCUT2D eigenvalue weighted by Gasteiger charge is 2.30. The van der Waals surface area contributed by atoms with Gasteiger partial charge in [0.05, 0.1) is 17.4 Å². The first-order valence-electron chi connectivity index (χ1n) is 8.73. The van der Waals surface area contributed by atoms with E-state index in [9.17, 15) is 4.79 Å². The van der Waals surface area contributed by atoms with Gasteiger partial charge in [0.25, 0.3) is 5.56 Å². The van der Waals surface area contributed by atoms with Crippen molar-refractivity contribution in [2.75, 3.05) is 0 Å². The van der Waals surface area contributed by atoms with E-state index in [1.807, 2.05) is 29.0 Å². The first-order chi connectivity index (χ1) is 11.8. The second-order valence-corrected chi connectivity index (χ2v) is 7.05. The zero-order chi connectivity index (χ0) is 16.1. The molecule has 0 N–H and O–H groups in total. The summed E-state index contributed by atoms with van der Waals surface area (Å²) in [6, 6.07) is 10.2. The molecule has 0 bridgehead atoms. The molecule has 0 atom stereocenters. The summed E-state index contributed by atoms with van der Waals surface area (Å²) in [5.74, 6) is 2.01. The number of benzene rings is 1. The highest BCUT2D eigenvalue weighted by atomic mass is 16.1. The molecule has 2 heterocycles. The van der Waals surface area contributed by atoms with Crippen molar-refractivity contribution >= 4 is 10.9 Å². The molecule has 2 aliphatic rings. The lowest BCUT2D eigenvalue weighted by atomic mass is 10.1. The Balaban J connectivity index is 1.68. The smallest absolute Gasteiger partial charge is 0.261 e. The topological polar surface area (TPSA) is 47.8 Å². The van der Waals surface area contributed by atoms with Gasteiger partial charge in [0.1, 0.15) is 5.82 Å².